The highest BCUT2D eigenvalue weighted by atomic mass is 32.1. The zero-order chi connectivity index (χ0) is 12.6. The van der Waals surface area contributed by atoms with Gasteiger partial charge in [0, 0.05) is 18.3 Å². The number of β-amino-alcohol motifs (C(OH)–C–C–N with tert-alkyl or cyclic N) is 1. The number of aliphatic carboxylic acids is 1. The maximum absolute atomic E-state index is 12.1. The summed E-state index contributed by atoms with van der Waals surface area (Å²) in [6.07, 6.45) is -0.649. The monoisotopic (exact) mass is 255 g/mol. The van der Waals surface area contributed by atoms with Crippen molar-refractivity contribution in [3.8, 4) is 0 Å². The summed E-state index contributed by atoms with van der Waals surface area (Å²) in [5.74, 6) is -1.38. The molecule has 2 heterocycles. The Hall–Kier alpha value is -1.40. The molecule has 1 aromatic rings. The van der Waals surface area contributed by atoms with Gasteiger partial charge >= 0.3 is 5.97 Å². The highest BCUT2D eigenvalue weighted by molar-refractivity contribution is 7.08. The van der Waals surface area contributed by atoms with E-state index in [9.17, 15) is 14.7 Å². The number of thiophene rings is 1. The van der Waals surface area contributed by atoms with Gasteiger partial charge in [-0.25, -0.2) is 4.79 Å². The van der Waals surface area contributed by atoms with Crippen LogP contribution in [-0.2, 0) is 4.79 Å². The number of likely N-dealkylation sites (tertiary alicyclic amines) is 1. The minimum atomic E-state index is -1.07. The average molecular weight is 255 g/mol. The van der Waals surface area contributed by atoms with E-state index in [2.05, 4.69) is 0 Å². The van der Waals surface area contributed by atoms with Gasteiger partial charge in [-0.05, 0) is 17.9 Å². The standard InChI is InChI=1S/C11H13NO4S/c1-6-4-17-5-8(6)10(14)12-3-7(13)2-9(12)11(15)16/h4-5,7,9,13H,2-3H2,1H3,(H,15,16)/t7?,9-/m0/s1. The fraction of sp³-hybridized carbons (Fsp3) is 0.455. The molecule has 1 amide bonds. The van der Waals surface area contributed by atoms with Crippen LogP contribution in [0.15, 0.2) is 10.8 Å². The van der Waals surface area contributed by atoms with Gasteiger partial charge < -0.3 is 15.1 Å². The molecule has 0 saturated carbocycles. The molecule has 2 atom stereocenters. The minimum absolute atomic E-state index is 0.0884. The number of carbonyl (C=O) groups excluding carboxylic acids is 1. The number of carboxylic acids is 1. The maximum atomic E-state index is 12.1. The van der Waals surface area contributed by atoms with Crippen LogP contribution in [0.3, 0.4) is 0 Å². The molecule has 17 heavy (non-hydrogen) atoms. The summed E-state index contributed by atoms with van der Waals surface area (Å²) in [6.45, 7) is 1.90. The van der Waals surface area contributed by atoms with Crippen molar-refractivity contribution < 1.29 is 19.8 Å². The lowest BCUT2D eigenvalue weighted by atomic mass is 10.1. The highest BCUT2D eigenvalue weighted by Gasteiger charge is 2.39. The first-order chi connectivity index (χ1) is 8.00. The molecule has 0 bridgehead atoms. The summed E-state index contributed by atoms with van der Waals surface area (Å²) in [5, 5.41) is 22.0. The van der Waals surface area contributed by atoms with Crippen molar-refractivity contribution >= 4 is 23.2 Å². The molecular formula is C11H13NO4S. The number of amides is 1. The van der Waals surface area contributed by atoms with E-state index in [0.717, 1.165) is 5.56 Å². The number of carboxylic acid groups (broad SMARTS) is 1. The van der Waals surface area contributed by atoms with Crippen LogP contribution in [0.1, 0.15) is 22.3 Å². The van der Waals surface area contributed by atoms with Crippen molar-refractivity contribution in [1.82, 2.24) is 4.90 Å². The number of rotatable bonds is 2. The zero-order valence-electron chi connectivity index (χ0n) is 9.29. The first kappa shape index (κ1) is 12.1. The molecule has 0 aromatic carbocycles. The maximum Gasteiger partial charge on any atom is 0.326 e. The molecule has 0 radical (unpaired) electrons. The predicted molar refractivity (Wildman–Crippen MR) is 62.1 cm³/mol. The topological polar surface area (TPSA) is 77.8 Å². The summed E-state index contributed by atoms with van der Waals surface area (Å²) in [5.41, 5.74) is 1.36. The molecule has 1 aliphatic heterocycles. The predicted octanol–water partition coefficient (Wildman–Crippen LogP) is 0.717. The summed E-state index contributed by atoms with van der Waals surface area (Å²) in [4.78, 5) is 24.4. The van der Waals surface area contributed by atoms with Gasteiger partial charge in [0.15, 0.2) is 0 Å². The fourth-order valence-electron chi connectivity index (χ4n) is 2.01. The third kappa shape index (κ3) is 2.18. The van der Waals surface area contributed by atoms with Gasteiger partial charge in [-0.2, -0.15) is 11.3 Å². The van der Waals surface area contributed by atoms with E-state index in [1.807, 2.05) is 12.3 Å². The summed E-state index contributed by atoms with van der Waals surface area (Å²) in [6, 6.07) is -0.920. The quantitative estimate of drug-likeness (QED) is 0.816. The lowest BCUT2D eigenvalue weighted by molar-refractivity contribution is -0.141. The number of hydrogen-bond acceptors (Lipinski definition) is 4. The molecule has 92 valence electrons. The van der Waals surface area contributed by atoms with Gasteiger partial charge in [-0.3, -0.25) is 4.79 Å². The largest absolute Gasteiger partial charge is 0.480 e. The molecule has 1 fully saturated rings. The second kappa shape index (κ2) is 4.46. The van der Waals surface area contributed by atoms with E-state index in [1.54, 1.807) is 5.38 Å². The van der Waals surface area contributed by atoms with Crippen LogP contribution in [0.25, 0.3) is 0 Å². The van der Waals surface area contributed by atoms with Crippen molar-refractivity contribution in [1.29, 1.82) is 0 Å². The average Bonchev–Trinajstić information content (AvgIpc) is 2.83. The Bertz CT molecular complexity index is 456. The Morgan fingerprint density at radius 1 is 1.47 bits per heavy atom. The Morgan fingerprint density at radius 2 is 2.18 bits per heavy atom. The van der Waals surface area contributed by atoms with Crippen LogP contribution < -0.4 is 0 Å². The first-order valence-corrected chi connectivity index (χ1v) is 6.19. The third-order valence-electron chi connectivity index (χ3n) is 2.91. The molecule has 2 N–H and O–H groups in total. The normalized spacial score (nSPS) is 24.0. The Balaban J connectivity index is 2.25. The zero-order valence-corrected chi connectivity index (χ0v) is 10.1. The Morgan fingerprint density at radius 3 is 2.71 bits per heavy atom. The van der Waals surface area contributed by atoms with E-state index in [4.69, 9.17) is 5.11 Å². The SMILES string of the molecule is Cc1cscc1C(=O)N1CC(O)C[C@H]1C(=O)O. The van der Waals surface area contributed by atoms with E-state index in [1.165, 1.54) is 16.2 Å². The van der Waals surface area contributed by atoms with Crippen LogP contribution in [0.4, 0.5) is 0 Å². The van der Waals surface area contributed by atoms with Gasteiger partial charge in [0.1, 0.15) is 6.04 Å². The summed E-state index contributed by atoms with van der Waals surface area (Å²) < 4.78 is 0. The number of aliphatic hydroxyl groups is 1. The molecule has 1 unspecified atom stereocenters. The molecule has 1 aliphatic rings. The lowest BCUT2D eigenvalue weighted by Crippen LogP contribution is -2.40. The minimum Gasteiger partial charge on any atom is -0.480 e. The molecule has 0 spiro atoms. The van der Waals surface area contributed by atoms with E-state index in [-0.39, 0.29) is 18.9 Å². The molecule has 0 aliphatic carbocycles. The van der Waals surface area contributed by atoms with Crippen LogP contribution >= 0.6 is 11.3 Å². The molecule has 1 saturated heterocycles. The van der Waals surface area contributed by atoms with Crippen LogP contribution in [0.5, 0.6) is 0 Å². The third-order valence-corrected chi connectivity index (χ3v) is 3.77. The van der Waals surface area contributed by atoms with Gasteiger partial charge in [0.25, 0.3) is 5.91 Å². The van der Waals surface area contributed by atoms with Gasteiger partial charge in [0.2, 0.25) is 0 Å². The number of carbonyl (C=O) groups is 2. The van der Waals surface area contributed by atoms with Gasteiger partial charge in [-0.15, -0.1) is 0 Å². The summed E-state index contributed by atoms with van der Waals surface area (Å²) >= 11 is 1.41. The number of aliphatic hydroxyl groups excluding tert-OH is 1. The highest BCUT2D eigenvalue weighted by Crippen LogP contribution is 2.23. The van der Waals surface area contributed by atoms with Gasteiger partial charge in [-0.1, -0.05) is 0 Å². The second-order valence-corrected chi connectivity index (χ2v) is 4.91. The van der Waals surface area contributed by atoms with E-state index in [0.29, 0.717) is 5.56 Å². The Kier molecular flexibility index (Phi) is 3.17. The lowest BCUT2D eigenvalue weighted by Gasteiger charge is -2.20. The number of hydrogen-bond donors (Lipinski definition) is 2. The fourth-order valence-corrected chi connectivity index (χ4v) is 2.83. The molecule has 6 heteroatoms. The summed E-state index contributed by atoms with van der Waals surface area (Å²) in [7, 11) is 0. The van der Waals surface area contributed by atoms with Crippen molar-refractivity contribution in [3.05, 3.63) is 21.9 Å². The number of aryl methyl sites for hydroxylation is 1. The van der Waals surface area contributed by atoms with Crippen LogP contribution in [0, 0.1) is 6.92 Å². The van der Waals surface area contributed by atoms with Gasteiger partial charge in [0.05, 0.1) is 11.7 Å². The Labute approximate surface area is 102 Å². The molecule has 2 rings (SSSR count). The number of nitrogens with zero attached hydrogens (tertiary/aromatic N) is 1. The smallest absolute Gasteiger partial charge is 0.326 e. The van der Waals surface area contributed by atoms with E-state index < -0.39 is 18.1 Å². The van der Waals surface area contributed by atoms with Crippen LogP contribution in [0.2, 0.25) is 0 Å². The molecular weight excluding hydrogens is 242 g/mol. The van der Waals surface area contributed by atoms with Crippen molar-refractivity contribution in [3.63, 3.8) is 0 Å². The van der Waals surface area contributed by atoms with Crippen LogP contribution in [-0.4, -0.2) is 45.7 Å². The molecule has 1 aromatic heterocycles. The van der Waals surface area contributed by atoms with Crippen molar-refractivity contribution in [2.75, 3.05) is 6.54 Å². The first-order valence-electron chi connectivity index (χ1n) is 5.25. The second-order valence-electron chi connectivity index (χ2n) is 4.17. The van der Waals surface area contributed by atoms with E-state index >= 15 is 0 Å². The molecule has 5 nitrogen and oxygen atoms in total. The van der Waals surface area contributed by atoms with Crippen molar-refractivity contribution in [2.24, 2.45) is 0 Å². The van der Waals surface area contributed by atoms with Crippen molar-refractivity contribution in [2.45, 2.75) is 25.5 Å².